The molecule has 0 saturated carbocycles. The van der Waals surface area contributed by atoms with Crippen LogP contribution in [0.1, 0.15) is 44.6 Å². The van der Waals surface area contributed by atoms with E-state index in [1.165, 1.54) is 31.4 Å². The maximum absolute atomic E-state index is 13.5. The van der Waals surface area contributed by atoms with Gasteiger partial charge in [0.2, 0.25) is 17.4 Å². The van der Waals surface area contributed by atoms with Gasteiger partial charge in [0, 0.05) is 0 Å². The lowest BCUT2D eigenvalue weighted by molar-refractivity contribution is 0.343. The Morgan fingerprint density at radius 1 is 0.833 bits per heavy atom. The van der Waals surface area contributed by atoms with Gasteiger partial charge < -0.3 is 4.74 Å². The Morgan fingerprint density at radius 2 is 1.42 bits per heavy atom. The number of aromatic nitrogens is 1. The lowest BCUT2D eigenvalue weighted by atomic mass is 10.1. The molecule has 0 fully saturated rings. The summed E-state index contributed by atoms with van der Waals surface area (Å²) in [6, 6.07) is 6.55. The molecule has 1 heterocycles. The van der Waals surface area contributed by atoms with Crippen molar-refractivity contribution in [2.45, 2.75) is 45.4 Å². The molecule has 2 nitrogen and oxygen atoms in total. The van der Waals surface area contributed by atoms with Gasteiger partial charge in [-0.1, -0.05) is 44.7 Å². The molecule has 0 aliphatic rings. The molecule has 2 rings (SSSR count). The highest BCUT2D eigenvalue weighted by atomic mass is 19.2. The molecule has 1 aromatic carbocycles. The number of benzene rings is 1. The molecule has 0 radical (unpaired) electrons. The van der Waals surface area contributed by atoms with E-state index in [0.29, 0.717) is 0 Å². The Labute approximate surface area is 138 Å². The lowest BCUT2D eigenvalue weighted by Crippen LogP contribution is -2.03. The number of rotatable bonds is 8. The summed E-state index contributed by atoms with van der Waals surface area (Å²) in [5, 5.41) is 0. The minimum Gasteiger partial charge on any atom is -0.451 e. The molecule has 0 aliphatic heterocycles. The van der Waals surface area contributed by atoms with Crippen molar-refractivity contribution in [3.63, 3.8) is 0 Å². The molecule has 1 aromatic heterocycles. The summed E-state index contributed by atoms with van der Waals surface area (Å²) < 4.78 is 58.0. The molecular formula is C18H19F4NO. The van der Waals surface area contributed by atoms with Crippen LogP contribution in [0.2, 0.25) is 0 Å². The van der Waals surface area contributed by atoms with Crippen LogP contribution < -0.4 is 4.74 Å². The minimum atomic E-state index is -1.74. The van der Waals surface area contributed by atoms with E-state index in [1.54, 1.807) is 12.1 Å². The summed E-state index contributed by atoms with van der Waals surface area (Å²) in [5.41, 5.74) is 1.06. The first-order valence-electron chi connectivity index (χ1n) is 7.99. The number of hydrogen-bond acceptors (Lipinski definition) is 2. The van der Waals surface area contributed by atoms with Crippen LogP contribution in [0.3, 0.4) is 0 Å². The quantitative estimate of drug-likeness (QED) is 0.337. The third-order valence-electron chi connectivity index (χ3n) is 3.67. The van der Waals surface area contributed by atoms with Gasteiger partial charge in [0.05, 0.1) is 0 Å². The second kappa shape index (κ2) is 8.66. The van der Waals surface area contributed by atoms with Crippen molar-refractivity contribution in [1.82, 2.24) is 4.98 Å². The SMILES string of the molecule is CCCCCCCc1ccc(Oc2c(F)c(F)nc(F)c2F)cc1. The average Bonchev–Trinajstić information content (AvgIpc) is 2.58. The van der Waals surface area contributed by atoms with Gasteiger partial charge in [0.15, 0.2) is 0 Å². The van der Waals surface area contributed by atoms with Gasteiger partial charge in [0.1, 0.15) is 5.75 Å². The topological polar surface area (TPSA) is 22.1 Å². The third kappa shape index (κ3) is 4.69. The Morgan fingerprint density at radius 3 is 2.00 bits per heavy atom. The van der Waals surface area contributed by atoms with Crippen LogP contribution in [0, 0.1) is 23.5 Å². The molecule has 0 atom stereocenters. The highest BCUT2D eigenvalue weighted by molar-refractivity contribution is 5.34. The molecule has 6 heteroatoms. The van der Waals surface area contributed by atoms with Crippen molar-refractivity contribution >= 4 is 0 Å². The van der Waals surface area contributed by atoms with E-state index in [1.807, 2.05) is 0 Å². The Hall–Kier alpha value is -2.11. The first-order chi connectivity index (χ1) is 11.5. The molecule has 0 saturated heterocycles. The fourth-order valence-corrected chi connectivity index (χ4v) is 2.33. The van der Waals surface area contributed by atoms with Gasteiger partial charge in [-0.25, -0.2) is 0 Å². The molecule has 130 valence electrons. The highest BCUT2D eigenvalue weighted by Crippen LogP contribution is 2.29. The summed E-state index contributed by atoms with van der Waals surface area (Å²) in [7, 11) is 0. The van der Waals surface area contributed by atoms with Crippen LogP contribution in [0.25, 0.3) is 0 Å². The molecule has 0 amide bonds. The van der Waals surface area contributed by atoms with Crippen LogP contribution in [0.4, 0.5) is 17.6 Å². The number of unbranched alkanes of at least 4 members (excludes halogenated alkanes) is 4. The van der Waals surface area contributed by atoms with E-state index in [4.69, 9.17) is 4.74 Å². The van der Waals surface area contributed by atoms with Crippen molar-refractivity contribution in [3.05, 3.63) is 53.4 Å². The second-order valence-electron chi connectivity index (χ2n) is 5.56. The predicted molar refractivity (Wildman–Crippen MR) is 83.0 cm³/mol. The number of aryl methyl sites for hydroxylation is 1. The predicted octanol–water partition coefficient (Wildman–Crippen LogP) is 5.94. The summed E-state index contributed by atoms with van der Waals surface area (Å²) in [6.45, 7) is 2.16. The van der Waals surface area contributed by atoms with E-state index in [0.717, 1.165) is 24.8 Å². The summed E-state index contributed by atoms with van der Waals surface area (Å²) in [4.78, 5) is 2.48. The van der Waals surface area contributed by atoms with Gasteiger partial charge in [-0.3, -0.25) is 0 Å². The van der Waals surface area contributed by atoms with Crippen molar-refractivity contribution in [2.24, 2.45) is 0 Å². The lowest BCUT2D eigenvalue weighted by Gasteiger charge is -2.09. The molecule has 24 heavy (non-hydrogen) atoms. The van der Waals surface area contributed by atoms with Gasteiger partial charge in [-0.15, -0.1) is 0 Å². The van der Waals surface area contributed by atoms with Crippen LogP contribution in [-0.4, -0.2) is 4.98 Å². The van der Waals surface area contributed by atoms with Crippen molar-refractivity contribution in [3.8, 4) is 11.5 Å². The first-order valence-corrected chi connectivity index (χ1v) is 7.99. The summed E-state index contributed by atoms with van der Waals surface area (Å²) in [5.74, 6) is -7.84. The van der Waals surface area contributed by atoms with E-state index in [9.17, 15) is 17.6 Å². The molecule has 0 spiro atoms. The monoisotopic (exact) mass is 341 g/mol. The summed E-state index contributed by atoms with van der Waals surface area (Å²) in [6.07, 6.45) is 6.72. The van der Waals surface area contributed by atoms with E-state index < -0.39 is 29.3 Å². The van der Waals surface area contributed by atoms with Gasteiger partial charge in [-0.05, 0) is 30.5 Å². The highest BCUT2D eigenvalue weighted by Gasteiger charge is 2.22. The average molecular weight is 341 g/mol. The first kappa shape index (κ1) is 18.2. The van der Waals surface area contributed by atoms with E-state index in [2.05, 4.69) is 11.9 Å². The standard InChI is InChI=1S/C18H19F4NO/c1-2-3-4-5-6-7-12-8-10-13(11-9-12)24-16-14(19)17(21)23-18(22)15(16)20/h8-11H,2-7H2,1H3. The Bertz CT molecular complexity index is 647. The number of hydrogen-bond donors (Lipinski definition) is 0. The van der Waals surface area contributed by atoms with Gasteiger partial charge >= 0.3 is 0 Å². The van der Waals surface area contributed by atoms with Crippen LogP contribution >= 0.6 is 0 Å². The Kier molecular flexibility index (Phi) is 6.58. The normalized spacial score (nSPS) is 10.9. The molecule has 0 N–H and O–H groups in total. The minimum absolute atomic E-state index is 0.0903. The smallest absolute Gasteiger partial charge is 0.255 e. The number of pyridine rings is 1. The van der Waals surface area contributed by atoms with Crippen molar-refractivity contribution in [1.29, 1.82) is 0 Å². The largest absolute Gasteiger partial charge is 0.451 e. The Balaban J connectivity index is 2.00. The molecule has 2 aromatic rings. The van der Waals surface area contributed by atoms with Gasteiger partial charge in [-0.2, -0.15) is 22.5 Å². The summed E-state index contributed by atoms with van der Waals surface area (Å²) >= 11 is 0. The van der Waals surface area contributed by atoms with Crippen LogP contribution in [-0.2, 0) is 6.42 Å². The molecule has 0 aliphatic carbocycles. The van der Waals surface area contributed by atoms with E-state index >= 15 is 0 Å². The fourth-order valence-electron chi connectivity index (χ4n) is 2.33. The zero-order valence-electron chi connectivity index (χ0n) is 13.4. The zero-order chi connectivity index (χ0) is 17.5. The second-order valence-corrected chi connectivity index (χ2v) is 5.56. The number of halogens is 4. The maximum atomic E-state index is 13.5. The molecule has 0 unspecified atom stereocenters. The van der Waals surface area contributed by atoms with Crippen molar-refractivity contribution < 1.29 is 22.3 Å². The molecular weight excluding hydrogens is 322 g/mol. The van der Waals surface area contributed by atoms with Gasteiger partial charge in [0.25, 0.3) is 11.9 Å². The van der Waals surface area contributed by atoms with E-state index in [-0.39, 0.29) is 5.75 Å². The fraction of sp³-hybridized carbons (Fsp3) is 0.389. The zero-order valence-corrected chi connectivity index (χ0v) is 13.4. The molecule has 0 bridgehead atoms. The third-order valence-corrected chi connectivity index (χ3v) is 3.67. The number of ether oxygens (including phenoxy) is 1. The maximum Gasteiger partial charge on any atom is 0.255 e. The van der Waals surface area contributed by atoms with Crippen LogP contribution in [0.15, 0.2) is 24.3 Å². The van der Waals surface area contributed by atoms with Crippen molar-refractivity contribution in [2.75, 3.05) is 0 Å². The number of nitrogens with zero attached hydrogens (tertiary/aromatic N) is 1. The van der Waals surface area contributed by atoms with Crippen LogP contribution in [0.5, 0.6) is 11.5 Å².